The second-order valence-corrected chi connectivity index (χ2v) is 3.19. The zero-order chi connectivity index (χ0) is 7.56. The number of halogens is 2. The first-order valence-electron chi connectivity index (χ1n) is 2.52. The Morgan fingerprint density at radius 2 is 2.10 bits per heavy atom. The molecular weight excluding hydrogens is 358 g/mol. The fraction of sp³-hybridized carbons (Fsp3) is 0. The van der Waals surface area contributed by atoms with Crippen molar-refractivity contribution in [2.24, 2.45) is 0 Å². The minimum absolute atomic E-state index is 0.259. The van der Waals surface area contributed by atoms with Gasteiger partial charge in [-0.05, 0) is 34.7 Å². The predicted octanol–water partition coefficient (Wildman–Crippen LogP) is 2.73. The Morgan fingerprint density at radius 3 is 2.60 bits per heavy atom. The lowest BCUT2D eigenvalue weighted by Crippen LogP contribution is -1.79. The van der Waals surface area contributed by atoms with Crippen molar-refractivity contribution in [3.8, 4) is 11.5 Å². The van der Waals surface area contributed by atoms with Crippen LogP contribution in [0.25, 0.3) is 0 Å². The van der Waals surface area contributed by atoms with Crippen LogP contribution in [0.2, 0.25) is 0 Å². The van der Waals surface area contributed by atoms with Crippen molar-refractivity contribution in [3.05, 3.63) is 21.8 Å². The van der Waals surface area contributed by atoms with E-state index < -0.39 is 0 Å². The molecule has 0 atom stereocenters. The largest absolute Gasteiger partial charge is 0.507 e. The maximum atomic E-state index is 9.14. The summed E-state index contributed by atoms with van der Waals surface area (Å²) in [5.41, 5.74) is 0. The summed E-state index contributed by atoms with van der Waals surface area (Å²) in [7, 11) is 0. The molecule has 0 aromatic heterocycles. The Hall–Kier alpha value is 0.280. The van der Waals surface area contributed by atoms with E-state index in [0.29, 0.717) is 5.75 Å². The first kappa shape index (κ1) is 8.38. The highest BCUT2D eigenvalue weighted by Crippen LogP contribution is 2.29. The highest BCUT2D eigenvalue weighted by molar-refractivity contribution is 14.1. The molecule has 0 aliphatic carbocycles. The van der Waals surface area contributed by atoms with Gasteiger partial charge in [-0.2, -0.15) is 0 Å². The van der Waals surface area contributed by atoms with Crippen molar-refractivity contribution < 1.29 is 8.17 Å². The molecule has 1 rings (SSSR count). The van der Waals surface area contributed by atoms with E-state index in [0.717, 1.165) is 3.57 Å². The molecule has 0 aliphatic heterocycles. The van der Waals surface area contributed by atoms with Crippen molar-refractivity contribution in [2.75, 3.05) is 0 Å². The van der Waals surface area contributed by atoms with Crippen LogP contribution in [0.4, 0.5) is 0 Å². The molecule has 0 saturated carbocycles. The van der Waals surface area contributed by atoms with Gasteiger partial charge < -0.3 is 8.17 Å². The molecule has 54 valence electrons. The summed E-state index contributed by atoms with van der Waals surface area (Å²) < 4.78 is 5.67. The van der Waals surface area contributed by atoms with Crippen molar-refractivity contribution in [1.82, 2.24) is 0 Å². The summed E-state index contributed by atoms with van der Waals surface area (Å²) in [5.74, 6) is 0.955. The molecule has 10 heavy (non-hydrogen) atoms. The molecule has 0 heterocycles. The molecule has 0 unspecified atom stereocenters. The fourth-order valence-electron chi connectivity index (χ4n) is 0.559. The van der Waals surface area contributed by atoms with Gasteiger partial charge in [-0.25, -0.2) is 0 Å². The van der Waals surface area contributed by atoms with E-state index in [4.69, 9.17) is 8.17 Å². The quantitative estimate of drug-likeness (QED) is 0.779. The van der Waals surface area contributed by atoms with E-state index in [1.165, 1.54) is 0 Å². The topological polar surface area (TPSA) is 29.5 Å². The number of phenolic OH excluding ortho intramolecular Hbond substituents is 1. The van der Waals surface area contributed by atoms with Gasteiger partial charge in [0.2, 0.25) is 0 Å². The van der Waals surface area contributed by atoms with Crippen LogP contribution in [-0.2, 0) is 0 Å². The standard InChI is InChI=1S/C6H4I2O2/c7-6-4(9)2-1-3-5(6)10-8/h1-3,9H. The summed E-state index contributed by atoms with van der Waals surface area (Å²) in [5, 5.41) is 9.14. The molecule has 0 fully saturated rings. The van der Waals surface area contributed by atoms with Gasteiger partial charge >= 0.3 is 0 Å². The van der Waals surface area contributed by atoms with Crippen LogP contribution in [0.5, 0.6) is 11.5 Å². The predicted molar refractivity (Wildman–Crippen MR) is 55.5 cm³/mol. The molecular formula is C6H4I2O2. The maximum Gasteiger partial charge on any atom is 0.192 e. The second-order valence-electron chi connectivity index (χ2n) is 1.67. The lowest BCUT2D eigenvalue weighted by molar-refractivity contribution is 0.468. The Balaban J connectivity index is 3.14. The lowest BCUT2D eigenvalue weighted by Gasteiger charge is -2.00. The van der Waals surface area contributed by atoms with Crippen molar-refractivity contribution in [2.45, 2.75) is 0 Å². The molecule has 0 bridgehead atoms. The molecule has 0 saturated heterocycles. The van der Waals surface area contributed by atoms with E-state index in [9.17, 15) is 0 Å². The normalized spacial score (nSPS) is 9.40. The van der Waals surface area contributed by atoms with Gasteiger partial charge in [0.05, 0.1) is 3.57 Å². The molecule has 0 radical (unpaired) electrons. The van der Waals surface area contributed by atoms with Crippen LogP contribution < -0.4 is 3.07 Å². The first-order chi connectivity index (χ1) is 4.75. The van der Waals surface area contributed by atoms with Crippen molar-refractivity contribution in [3.63, 3.8) is 0 Å². The van der Waals surface area contributed by atoms with Gasteiger partial charge in [-0.15, -0.1) is 0 Å². The summed E-state index contributed by atoms with van der Waals surface area (Å²) >= 11 is 3.80. The molecule has 2 nitrogen and oxygen atoms in total. The number of phenols is 1. The molecule has 0 amide bonds. The highest BCUT2D eigenvalue weighted by atomic mass is 127. The monoisotopic (exact) mass is 362 g/mol. The fourth-order valence-corrected chi connectivity index (χ4v) is 1.82. The van der Waals surface area contributed by atoms with Crippen LogP contribution in [0.15, 0.2) is 18.2 Å². The van der Waals surface area contributed by atoms with Gasteiger partial charge in [-0.1, -0.05) is 6.07 Å². The zero-order valence-electron chi connectivity index (χ0n) is 4.84. The Morgan fingerprint density at radius 1 is 1.40 bits per heavy atom. The van der Waals surface area contributed by atoms with E-state index in [-0.39, 0.29) is 5.75 Å². The molecule has 1 N–H and O–H groups in total. The third kappa shape index (κ3) is 1.66. The van der Waals surface area contributed by atoms with E-state index in [1.807, 2.05) is 22.6 Å². The third-order valence-electron chi connectivity index (χ3n) is 1.03. The van der Waals surface area contributed by atoms with Gasteiger partial charge in [0, 0.05) is 0 Å². The SMILES string of the molecule is Oc1cccc(OI)c1I. The molecule has 1 aromatic rings. The van der Waals surface area contributed by atoms with Crippen molar-refractivity contribution in [1.29, 1.82) is 0 Å². The van der Waals surface area contributed by atoms with Crippen LogP contribution in [0.3, 0.4) is 0 Å². The van der Waals surface area contributed by atoms with Crippen molar-refractivity contribution >= 4 is 45.6 Å². The molecule has 0 aliphatic rings. The van der Waals surface area contributed by atoms with Gasteiger partial charge in [0.15, 0.2) is 28.8 Å². The smallest absolute Gasteiger partial charge is 0.192 e. The number of benzene rings is 1. The van der Waals surface area contributed by atoms with Crippen LogP contribution >= 0.6 is 45.6 Å². The van der Waals surface area contributed by atoms with E-state index >= 15 is 0 Å². The van der Waals surface area contributed by atoms with Gasteiger partial charge in [0.1, 0.15) is 5.75 Å². The molecule has 1 aromatic carbocycles. The maximum absolute atomic E-state index is 9.14. The highest BCUT2D eigenvalue weighted by Gasteiger charge is 2.02. The zero-order valence-corrected chi connectivity index (χ0v) is 9.16. The second kappa shape index (κ2) is 3.61. The minimum atomic E-state index is 0.259. The molecule has 4 heteroatoms. The van der Waals surface area contributed by atoms with E-state index in [2.05, 4.69) is 0 Å². The number of rotatable bonds is 1. The Bertz CT molecular complexity index is 237. The summed E-state index contributed by atoms with van der Waals surface area (Å²) in [6.07, 6.45) is 0. The lowest BCUT2D eigenvalue weighted by atomic mass is 10.3. The van der Waals surface area contributed by atoms with Gasteiger partial charge in [-0.3, -0.25) is 0 Å². The van der Waals surface area contributed by atoms with E-state index in [1.54, 1.807) is 41.2 Å². The molecule has 0 spiro atoms. The first-order valence-corrected chi connectivity index (χ1v) is 4.47. The number of aromatic hydroxyl groups is 1. The number of hydrogen-bond donors (Lipinski definition) is 1. The van der Waals surface area contributed by atoms with Gasteiger partial charge in [0.25, 0.3) is 0 Å². The summed E-state index contributed by atoms with van der Waals surface area (Å²) in [6, 6.07) is 5.17. The Labute approximate surface area is 86.4 Å². The Kier molecular flexibility index (Phi) is 3.02. The average molecular weight is 362 g/mol. The van der Waals surface area contributed by atoms with Crippen LogP contribution in [-0.4, -0.2) is 5.11 Å². The van der Waals surface area contributed by atoms with Crippen LogP contribution in [0.1, 0.15) is 0 Å². The number of hydrogen-bond acceptors (Lipinski definition) is 2. The summed E-state index contributed by atoms with van der Waals surface area (Å²) in [4.78, 5) is 0. The minimum Gasteiger partial charge on any atom is -0.507 e. The third-order valence-corrected chi connectivity index (χ3v) is 2.58. The average Bonchev–Trinajstić information content (AvgIpc) is 1.95. The summed E-state index contributed by atoms with van der Waals surface area (Å²) in [6.45, 7) is 0. The van der Waals surface area contributed by atoms with Crippen LogP contribution in [0, 0.1) is 3.57 Å².